The fraction of sp³-hybridized carbons (Fsp3) is 0.500. The van der Waals surface area contributed by atoms with Crippen LogP contribution in [0.4, 0.5) is 4.39 Å². The first-order valence-electron chi connectivity index (χ1n) is 8.07. The number of hydrogen-bond donors (Lipinski definition) is 1. The Balaban J connectivity index is 1.87. The Morgan fingerprint density at radius 2 is 2.04 bits per heavy atom. The van der Waals surface area contributed by atoms with Gasteiger partial charge in [0.15, 0.2) is 11.7 Å². The molecule has 1 aromatic rings. The molecule has 4 nitrogen and oxygen atoms in total. The molecule has 1 saturated carbocycles. The maximum Gasteiger partial charge on any atom is 0.245 e. The summed E-state index contributed by atoms with van der Waals surface area (Å²) in [5, 5.41) is 12.0. The minimum atomic E-state index is -1.27. The van der Waals surface area contributed by atoms with Crippen molar-refractivity contribution in [1.82, 2.24) is 5.32 Å². The van der Waals surface area contributed by atoms with Gasteiger partial charge >= 0.3 is 0 Å². The van der Waals surface area contributed by atoms with Gasteiger partial charge in [0.25, 0.3) is 0 Å². The van der Waals surface area contributed by atoms with E-state index < -0.39 is 17.6 Å². The van der Waals surface area contributed by atoms with Gasteiger partial charge in [0, 0.05) is 12.5 Å². The minimum absolute atomic E-state index is 0.0553. The lowest BCUT2D eigenvalue weighted by molar-refractivity contribution is -0.132. The monoisotopic (exact) mass is 316 g/mol. The number of amides is 1. The van der Waals surface area contributed by atoms with E-state index in [0.717, 1.165) is 25.7 Å². The largest absolute Gasteiger partial charge is 0.352 e. The number of carbonyl (C=O) groups excluding carboxylic acids is 2. The van der Waals surface area contributed by atoms with Gasteiger partial charge in [-0.25, -0.2) is 4.39 Å². The summed E-state index contributed by atoms with van der Waals surface area (Å²) in [5.74, 6) is -2.54. The third-order valence-corrected chi connectivity index (χ3v) is 4.21. The number of Topliss-reactive ketones (excluding diaryl/α,β-unsaturated/α-hetero) is 1. The zero-order valence-electron chi connectivity index (χ0n) is 13.1. The van der Waals surface area contributed by atoms with Crippen molar-refractivity contribution in [3.8, 4) is 6.07 Å². The normalized spacial score (nSPS) is 16.3. The second kappa shape index (κ2) is 8.42. The van der Waals surface area contributed by atoms with Crippen molar-refractivity contribution in [2.45, 2.75) is 51.0 Å². The predicted octanol–water partition coefficient (Wildman–Crippen LogP) is 2.92. The van der Waals surface area contributed by atoms with Gasteiger partial charge in [0.1, 0.15) is 5.82 Å². The average Bonchev–Trinajstić information content (AvgIpc) is 2.54. The van der Waals surface area contributed by atoms with E-state index in [2.05, 4.69) is 5.32 Å². The molecule has 0 bridgehead atoms. The molecule has 1 atom stereocenters. The molecule has 23 heavy (non-hydrogen) atoms. The quantitative estimate of drug-likeness (QED) is 0.820. The Kier molecular flexibility index (Phi) is 6.28. The third kappa shape index (κ3) is 5.17. The maximum atomic E-state index is 13.1. The molecule has 1 N–H and O–H groups in total. The van der Waals surface area contributed by atoms with E-state index in [1.807, 2.05) is 0 Å². The topological polar surface area (TPSA) is 70.0 Å². The molecule has 1 aromatic carbocycles. The highest BCUT2D eigenvalue weighted by Crippen LogP contribution is 2.18. The molecule has 1 unspecified atom stereocenters. The van der Waals surface area contributed by atoms with Gasteiger partial charge in [-0.3, -0.25) is 9.59 Å². The zero-order valence-corrected chi connectivity index (χ0v) is 13.1. The molecule has 1 fully saturated rings. The summed E-state index contributed by atoms with van der Waals surface area (Å²) in [6.07, 6.45) is 5.49. The Hall–Kier alpha value is -2.22. The highest BCUT2D eigenvalue weighted by Gasteiger charge is 2.28. The molecule has 0 heterocycles. The highest BCUT2D eigenvalue weighted by atomic mass is 19.1. The van der Waals surface area contributed by atoms with Crippen molar-refractivity contribution >= 4 is 11.7 Å². The standard InChI is InChI=1S/C18H21FN2O2/c19-14-6-4-5-13(11-14)9-10-17(22)16(12-20)18(23)21-15-7-2-1-3-8-15/h4-6,11,15-16H,1-3,7-10H2,(H,21,23). The molecule has 122 valence electrons. The van der Waals surface area contributed by atoms with Gasteiger partial charge < -0.3 is 5.32 Å². The van der Waals surface area contributed by atoms with Crippen molar-refractivity contribution in [3.05, 3.63) is 35.6 Å². The van der Waals surface area contributed by atoms with Crippen LogP contribution in [0.1, 0.15) is 44.1 Å². The maximum absolute atomic E-state index is 13.1. The van der Waals surface area contributed by atoms with Crippen molar-refractivity contribution < 1.29 is 14.0 Å². The second-order valence-corrected chi connectivity index (χ2v) is 6.00. The van der Waals surface area contributed by atoms with E-state index in [-0.39, 0.29) is 18.3 Å². The molecular formula is C18H21FN2O2. The summed E-state index contributed by atoms with van der Waals surface area (Å²) < 4.78 is 13.1. The summed E-state index contributed by atoms with van der Waals surface area (Å²) in [6, 6.07) is 7.87. The molecule has 0 aliphatic heterocycles. The van der Waals surface area contributed by atoms with Crippen molar-refractivity contribution in [3.63, 3.8) is 0 Å². The van der Waals surface area contributed by atoms with Gasteiger partial charge in [-0.2, -0.15) is 5.26 Å². The van der Waals surface area contributed by atoms with E-state index in [4.69, 9.17) is 5.26 Å². The molecular weight excluding hydrogens is 295 g/mol. The van der Waals surface area contributed by atoms with Gasteiger partial charge in [-0.05, 0) is 37.0 Å². The summed E-state index contributed by atoms with van der Waals surface area (Å²) >= 11 is 0. The number of nitrogens with one attached hydrogen (secondary N) is 1. The number of carbonyl (C=O) groups is 2. The molecule has 2 rings (SSSR count). The SMILES string of the molecule is N#CC(C(=O)CCc1cccc(F)c1)C(=O)NC1CCCCC1. The first-order valence-corrected chi connectivity index (χ1v) is 8.07. The van der Waals surface area contributed by atoms with Crippen LogP contribution in [0.5, 0.6) is 0 Å². The van der Waals surface area contributed by atoms with Crippen LogP contribution in [0.2, 0.25) is 0 Å². The van der Waals surface area contributed by atoms with Crippen LogP contribution in [-0.4, -0.2) is 17.7 Å². The van der Waals surface area contributed by atoms with Crippen LogP contribution in [-0.2, 0) is 16.0 Å². The number of nitriles is 1. The van der Waals surface area contributed by atoms with Crippen LogP contribution in [0.25, 0.3) is 0 Å². The van der Waals surface area contributed by atoms with Crippen molar-refractivity contribution in [2.24, 2.45) is 5.92 Å². The van der Waals surface area contributed by atoms with Crippen molar-refractivity contribution in [1.29, 1.82) is 5.26 Å². The number of aryl methyl sites for hydroxylation is 1. The van der Waals surface area contributed by atoms with Crippen LogP contribution in [0.3, 0.4) is 0 Å². The molecule has 0 radical (unpaired) electrons. The minimum Gasteiger partial charge on any atom is -0.352 e. The van der Waals surface area contributed by atoms with Gasteiger partial charge in [-0.15, -0.1) is 0 Å². The number of hydrogen-bond acceptors (Lipinski definition) is 3. The lowest BCUT2D eigenvalue weighted by atomic mass is 9.93. The fourth-order valence-electron chi connectivity index (χ4n) is 2.91. The average molecular weight is 316 g/mol. The van der Waals surface area contributed by atoms with Crippen LogP contribution < -0.4 is 5.32 Å². The number of rotatable bonds is 6. The van der Waals surface area contributed by atoms with Crippen LogP contribution in [0, 0.1) is 23.1 Å². The fourth-order valence-corrected chi connectivity index (χ4v) is 2.91. The summed E-state index contributed by atoms with van der Waals surface area (Å²) in [7, 11) is 0. The van der Waals surface area contributed by atoms with E-state index in [0.29, 0.717) is 12.0 Å². The summed E-state index contributed by atoms with van der Waals surface area (Å²) in [6.45, 7) is 0. The summed E-state index contributed by atoms with van der Waals surface area (Å²) in [5.41, 5.74) is 0.683. The zero-order chi connectivity index (χ0) is 16.7. The van der Waals surface area contributed by atoms with Crippen LogP contribution >= 0.6 is 0 Å². The number of halogens is 1. The van der Waals surface area contributed by atoms with E-state index in [9.17, 15) is 14.0 Å². The molecule has 0 aromatic heterocycles. The first-order chi connectivity index (χ1) is 11.1. The van der Waals surface area contributed by atoms with E-state index >= 15 is 0 Å². The molecule has 1 aliphatic carbocycles. The van der Waals surface area contributed by atoms with Gasteiger partial charge in [0.05, 0.1) is 6.07 Å². The smallest absolute Gasteiger partial charge is 0.245 e. The Bertz CT molecular complexity index is 603. The Morgan fingerprint density at radius 1 is 1.30 bits per heavy atom. The number of nitrogens with zero attached hydrogens (tertiary/aromatic N) is 1. The van der Waals surface area contributed by atoms with Gasteiger partial charge in [-0.1, -0.05) is 31.4 Å². The molecule has 0 saturated heterocycles. The van der Waals surface area contributed by atoms with Crippen molar-refractivity contribution in [2.75, 3.05) is 0 Å². The highest BCUT2D eigenvalue weighted by molar-refractivity contribution is 6.04. The van der Waals surface area contributed by atoms with Gasteiger partial charge in [0.2, 0.25) is 5.91 Å². The number of benzene rings is 1. The molecule has 1 aliphatic rings. The Morgan fingerprint density at radius 3 is 2.70 bits per heavy atom. The van der Waals surface area contributed by atoms with E-state index in [1.165, 1.54) is 18.6 Å². The Labute approximate surface area is 135 Å². The summed E-state index contributed by atoms with van der Waals surface area (Å²) in [4.78, 5) is 24.3. The lowest BCUT2D eigenvalue weighted by Crippen LogP contribution is -2.42. The van der Waals surface area contributed by atoms with Crippen LogP contribution in [0.15, 0.2) is 24.3 Å². The third-order valence-electron chi connectivity index (χ3n) is 4.21. The second-order valence-electron chi connectivity index (χ2n) is 6.00. The first kappa shape index (κ1) is 17.1. The van der Waals surface area contributed by atoms with E-state index in [1.54, 1.807) is 18.2 Å². The predicted molar refractivity (Wildman–Crippen MR) is 83.8 cm³/mol. The number of ketones is 1. The molecule has 0 spiro atoms. The molecule has 5 heteroatoms. The molecule has 1 amide bonds. The lowest BCUT2D eigenvalue weighted by Gasteiger charge is -2.23.